The van der Waals surface area contributed by atoms with Crippen LogP contribution in [0.3, 0.4) is 0 Å². The van der Waals surface area contributed by atoms with Gasteiger partial charge in [0.15, 0.2) is 5.13 Å². The van der Waals surface area contributed by atoms with Crippen LogP contribution in [0.5, 0.6) is 0 Å². The van der Waals surface area contributed by atoms with Crippen molar-refractivity contribution in [3.8, 4) is 0 Å². The highest BCUT2D eigenvalue weighted by molar-refractivity contribution is 7.22. The van der Waals surface area contributed by atoms with Gasteiger partial charge in [0.2, 0.25) is 5.76 Å². The average Bonchev–Trinajstić information content (AvgIpc) is 3.32. The monoisotopic (exact) mass is 392 g/mol. The second-order valence-electron chi connectivity index (χ2n) is 6.89. The summed E-state index contributed by atoms with van der Waals surface area (Å²) >= 11 is 1.49. The zero-order valence-electron chi connectivity index (χ0n) is 15.9. The molecule has 4 rings (SSSR count). The average molecular weight is 392 g/mol. The van der Waals surface area contributed by atoms with Gasteiger partial charge < -0.3 is 4.52 Å². The second-order valence-corrected chi connectivity index (χ2v) is 7.90. The van der Waals surface area contributed by atoms with E-state index in [0.29, 0.717) is 23.3 Å². The molecule has 7 heteroatoms. The summed E-state index contributed by atoms with van der Waals surface area (Å²) in [5, 5.41) is 4.46. The number of aryl methyl sites for hydroxylation is 1. The summed E-state index contributed by atoms with van der Waals surface area (Å²) in [6, 6.07) is 13.4. The van der Waals surface area contributed by atoms with Gasteiger partial charge in [0, 0.05) is 12.3 Å². The van der Waals surface area contributed by atoms with Crippen LogP contribution < -0.4 is 4.90 Å². The Balaban J connectivity index is 1.79. The Bertz CT molecular complexity index is 1120. The zero-order chi connectivity index (χ0) is 19.7. The molecule has 0 aliphatic carbocycles. The number of rotatable bonds is 5. The lowest BCUT2D eigenvalue weighted by atomic mass is 10.0. The van der Waals surface area contributed by atoms with Gasteiger partial charge in [-0.3, -0.25) is 14.7 Å². The van der Waals surface area contributed by atoms with Crippen LogP contribution in [-0.2, 0) is 6.54 Å². The summed E-state index contributed by atoms with van der Waals surface area (Å²) in [5.74, 6) is 0.253. The Morgan fingerprint density at radius 1 is 1.21 bits per heavy atom. The summed E-state index contributed by atoms with van der Waals surface area (Å²) in [5.41, 5.74) is 3.54. The van der Waals surface area contributed by atoms with E-state index >= 15 is 0 Å². The van der Waals surface area contributed by atoms with Gasteiger partial charge in [-0.25, -0.2) is 4.98 Å². The van der Waals surface area contributed by atoms with Crippen LogP contribution in [0.2, 0.25) is 0 Å². The third kappa shape index (κ3) is 3.53. The van der Waals surface area contributed by atoms with Crippen LogP contribution in [-0.4, -0.2) is 21.0 Å². The molecule has 0 atom stereocenters. The predicted octanol–water partition coefficient (Wildman–Crippen LogP) is 4.96. The van der Waals surface area contributed by atoms with Gasteiger partial charge in [0.05, 0.1) is 28.1 Å². The molecule has 142 valence electrons. The minimum atomic E-state index is -0.281. The molecule has 0 saturated heterocycles. The van der Waals surface area contributed by atoms with Gasteiger partial charge in [0.25, 0.3) is 5.91 Å². The van der Waals surface area contributed by atoms with E-state index in [1.54, 1.807) is 24.1 Å². The minimum absolute atomic E-state index is 0.191. The number of hydrogen-bond donors (Lipinski definition) is 0. The van der Waals surface area contributed by atoms with Crippen molar-refractivity contribution in [1.29, 1.82) is 0 Å². The fraction of sp³-hybridized carbons (Fsp3) is 0.238. The number of benzene rings is 1. The molecule has 6 nitrogen and oxygen atoms in total. The number of nitrogens with zero attached hydrogens (tertiary/aromatic N) is 4. The topological polar surface area (TPSA) is 72.1 Å². The Morgan fingerprint density at radius 3 is 2.75 bits per heavy atom. The first-order valence-electron chi connectivity index (χ1n) is 9.07. The van der Waals surface area contributed by atoms with E-state index in [0.717, 1.165) is 15.9 Å². The standard InChI is InChI=1S/C21H20N4O2S/c1-13(2)16-8-6-9-18-19(16)23-21(28-18)25(12-15-7-4-5-10-22-15)20(26)17-11-14(3)24-27-17/h4-11,13H,12H2,1-3H3. The molecule has 0 aliphatic rings. The maximum absolute atomic E-state index is 13.2. The summed E-state index contributed by atoms with van der Waals surface area (Å²) in [4.78, 5) is 24.0. The van der Waals surface area contributed by atoms with Gasteiger partial charge in [-0.05, 0) is 36.6 Å². The number of thiazole rings is 1. The van der Waals surface area contributed by atoms with Gasteiger partial charge in [0.1, 0.15) is 0 Å². The molecular formula is C21H20N4O2S. The van der Waals surface area contributed by atoms with Crippen molar-refractivity contribution < 1.29 is 9.32 Å². The molecule has 0 radical (unpaired) electrons. The molecular weight excluding hydrogens is 372 g/mol. The largest absolute Gasteiger partial charge is 0.351 e. The van der Waals surface area contributed by atoms with Crippen molar-refractivity contribution in [1.82, 2.24) is 15.1 Å². The highest BCUT2D eigenvalue weighted by Crippen LogP contribution is 2.34. The van der Waals surface area contributed by atoms with Crippen LogP contribution >= 0.6 is 11.3 Å². The van der Waals surface area contributed by atoms with E-state index in [9.17, 15) is 4.79 Å². The number of para-hydroxylation sites is 1. The fourth-order valence-electron chi connectivity index (χ4n) is 3.02. The van der Waals surface area contributed by atoms with E-state index in [1.165, 1.54) is 16.9 Å². The molecule has 0 N–H and O–H groups in total. The summed E-state index contributed by atoms with van der Waals surface area (Å²) in [6.45, 7) is 6.37. The van der Waals surface area contributed by atoms with Crippen LogP contribution in [0.1, 0.15) is 47.3 Å². The van der Waals surface area contributed by atoms with E-state index < -0.39 is 0 Å². The quantitative estimate of drug-likeness (QED) is 0.480. The van der Waals surface area contributed by atoms with Gasteiger partial charge in [-0.2, -0.15) is 0 Å². The molecule has 1 amide bonds. The molecule has 3 aromatic heterocycles. The van der Waals surface area contributed by atoms with Crippen molar-refractivity contribution in [2.75, 3.05) is 4.90 Å². The molecule has 3 heterocycles. The van der Waals surface area contributed by atoms with Crippen molar-refractivity contribution in [3.05, 3.63) is 71.4 Å². The van der Waals surface area contributed by atoms with Crippen LogP contribution in [0, 0.1) is 6.92 Å². The minimum Gasteiger partial charge on any atom is -0.351 e. The van der Waals surface area contributed by atoms with Crippen molar-refractivity contribution in [3.63, 3.8) is 0 Å². The lowest BCUT2D eigenvalue weighted by Gasteiger charge is -2.17. The van der Waals surface area contributed by atoms with E-state index in [1.807, 2.05) is 30.3 Å². The SMILES string of the molecule is Cc1cc(C(=O)N(Cc2ccccn2)c2nc3c(C(C)C)cccc3s2)on1. The molecule has 0 aliphatic heterocycles. The number of anilines is 1. The third-order valence-electron chi connectivity index (χ3n) is 4.42. The highest BCUT2D eigenvalue weighted by atomic mass is 32.1. The summed E-state index contributed by atoms with van der Waals surface area (Å²) < 4.78 is 6.27. The van der Waals surface area contributed by atoms with Gasteiger partial charge in [-0.15, -0.1) is 0 Å². The van der Waals surface area contributed by atoms with Crippen LogP contribution in [0.4, 0.5) is 5.13 Å². The lowest BCUT2D eigenvalue weighted by Crippen LogP contribution is -2.30. The van der Waals surface area contributed by atoms with Crippen molar-refractivity contribution in [2.45, 2.75) is 33.2 Å². The number of fused-ring (bicyclic) bond motifs is 1. The molecule has 1 aromatic carbocycles. The van der Waals surface area contributed by atoms with Crippen molar-refractivity contribution in [2.24, 2.45) is 0 Å². The smallest absolute Gasteiger partial charge is 0.299 e. The number of amides is 1. The zero-order valence-corrected chi connectivity index (χ0v) is 16.7. The molecule has 0 saturated carbocycles. The van der Waals surface area contributed by atoms with Crippen LogP contribution in [0.15, 0.2) is 53.2 Å². The molecule has 0 spiro atoms. The normalized spacial score (nSPS) is 11.3. The Hall–Kier alpha value is -3.06. The first-order valence-corrected chi connectivity index (χ1v) is 9.89. The number of pyridine rings is 1. The second kappa shape index (κ2) is 7.52. The summed E-state index contributed by atoms with van der Waals surface area (Å²) in [7, 11) is 0. The first-order chi connectivity index (χ1) is 13.5. The highest BCUT2D eigenvalue weighted by Gasteiger charge is 2.26. The summed E-state index contributed by atoms with van der Waals surface area (Å²) in [6.07, 6.45) is 1.71. The van der Waals surface area contributed by atoms with E-state index in [4.69, 9.17) is 9.51 Å². The Kier molecular flexibility index (Phi) is 4.92. The van der Waals surface area contributed by atoms with E-state index in [-0.39, 0.29) is 11.7 Å². The van der Waals surface area contributed by atoms with E-state index in [2.05, 4.69) is 30.1 Å². The third-order valence-corrected chi connectivity index (χ3v) is 5.47. The van der Waals surface area contributed by atoms with Crippen molar-refractivity contribution >= 4 is 32.6 Å². The maximum Gasteiger partial charge on any atom is 0.299 e. The van der Waals surface area contributed by atoms with Gasteiger partial charge >= 0.3 is 0 Å². The number of carbonyl (C=O) groups excluding carboxylic acids is 1. The number of carbonyl (C=O) groups is 1. The number of aromatic nitrogens is 3. The van der Waals surface area contributed by atoms with Crippen LogP contribution in [0.25, 0.3) is 10.2 Å². The lowest BCUT2D eigenvalue weighted by molar-refractivity contribution is 0.0949. The molecule has 0 unspecified atom stereocenters. The molecule has 4 aromatic rings. The maximum atomic E-state index is 13.2. The molecule has 0 fully saturated rings. The Labute approximate surface area is 166 Å². The molecule has 0 bridgehead atoms. The fourth-order valence-corrected chi connectivity index (χ4v) is 4.01. The molecule has 28 heavy (non-hydrogen) atoms. The van der Waals surface area contributed by atoms with Gasteiger partial charge in [-0.1, -0.05) is 48.5 Å². The predicted molar refractivity (Wildman–Crippen MR) is 110 cm³/mol. The Morgan fingerprint density at radius 2 is 2.07 bits per heavy atom. The first kappa shape index (κ1) is 18.3. The number of hydrogen-bond acceptors (Lipinski definition) is 6.